The van der Waals surface area contributed by atoms with Crippen LogP contribution in [0, 0.1) is 0 Å². The van der Waals surface area contributed by atoms with Gasteiger partial charge in [-0.1, -0.05) is 23.2 Å². The Hall–Kier alpha value is -1.43. The number of aliphatic hydroxyl groups excluding tert-OH is 1. The lowest BCUT2D eigenvalue weighted by atomic mass is 9.89. The van der Waals surface area contributed by atoms with E-state index in [2.05, 4.69) is 0 Å². The van der Waals surface area contributed by atoms with Gasteiger partial charge < -0.3 is 14.9 Å². The summed E-state index contributed by atoms with van der Waals surface area (Å²) in [6.45, 7) is 3.32. The smallest absolute Gasteiger partial charge is 0.414 e. The fourth-order valence-corrected chi connectivity index (χ4v) is 3.34. The van der Waals surface area contributed by atoms with Crippen LogP contribution >= 0.6 is 23.2 Å². The maximum Gasteiger partial charge on any atom is 0.414 e. The topological polar surface area (TPSA) is 70.0 Å². The van der Waals surface area contributed by atoms with Crippen LogP contribution in [0.3, 0.4) is 0 Å². The number of aliphatic hydroxyl groups is 1. The molecular formula is C15H15Cl2NO4. The number of hydrogen-bond donors (Lipinski definition) is 2. The van der Waals surface area contributed by atoms with Crippen molar-refractivity contribution in [2.24, 2.45) is 0 Å². The van der Waals surface area contributed by atoms with Gasteiger partial charge >= 0.3 is 6.09 Å². The Morgan fingerprint density at radius 3 is 2.73 bits per heavy atom. The van der Waals surface area contributed by atoms with Crippen molar-refractivity contribution >= 4 is 34.9 Å². The zero-order valence-corrected chi connectivity index (χ0v) is 13.5. The van der Waals surface area contributed by atoms with Gasteiger partial charge in [0.05, 0.1) is 16.1 Å². The van der Waals surface area contributed by atoms with Crippen LogP contribution in [0.25, 0.3) is 5.57 Å². The lowest BCUT2D eigenvalue weighted by Gasteiger charge is -2.42. The maximum atomic E-state index is 12.1. The predicted molar refractivity (Wildman–Crippen MR) is 82.9 cm³/mol. The first kappa shape index (κ1) is 15.5. The SMILES string of the molecule is CC1(C)OC(=O)N2C=C(c3c(O)ccc(Cl)c3Cl)C[C@H]2C1O. The van der Waals surface area contributed by atoms with Crippen molar-refractivity contribution in [2.75, 3.05) is 0 Å². The van der Waals surface area contributed by atoms with E-state index in [4.69, 9.17) is 27.9 Å². The van der Waals surface area contributed by atoms with Crippen LogP contribution in [0.4, 0.5) is 4.79 Å². The fourth-order valence-electron chi connectivity index (χ4n) is 2.91. The number of cyclic esters (lactones) is 1. The third kappa shape index (κ3) is 2.24. The molecule has 5 nitrogen and oxygen atoms in total. The van der Waals surface area contributed by atoms with Crippen molar-refractivity contribution in [2.45, 2.75) is 38.0 Å². The molecule has 0 spiro atoms. The molecule has 0 aromatic heterocycles. The number of aromatic hydroxyl groups is 1. The summed E-state index contributed by atoms with van der Waals surface area (Å²) in [6, 6.07) is 2.48. The summed E-state index contributed by atoms with van der Waals surface area (Å²) in [5.41, 5.74) is 0.0342. The summed E-state index contributed by atoms with van der Waals surface area (Å²) >= 11 is 12.2. The van der Waals surface area contributed by atoms with Gasteiger partial charge in [0.1, 0.15) is 17.5 Å². The van der Waals surface area contributed by atoms with Gasteiger partial charge in [-0.2, -0.15) is 0 Å². The Kier molecular flexibility index (Phi) is 3.55. The molecule has 2 N–H and O–H groups in total. The monoisotopic (exact) mass is 343 g/mol. The Morgan fingerprint density at radius 1 is 1.36 bits per heavy atom. The largest absolute Gasteiger partial charge is 0.507 e. The molecule has 0 aliphatic carbocycles. The quantitative estimate of drug-likeness (QED) is 0.819. The van der Waals surface area contributed by atoms with Gasteiger partial charge in [0, 0.05) is 11.8 Å². The highest BCUT2D eigenvalue weighted by atomic mass is 35.5. The minimum Gasteiger partial charge on any atom is -0.507 e. The van der Waals surface area contributed by atoms with Crippen LogP contribution in [0.15, 0.2) is 18.3 Å². The number of amides is 1. The molecule has 0 saturated carbocycles. The number of hydrogen-bond acceptors (Lipinski definition) is 4. The van der Waals surface area contributed by atoms with E-state index in [0.29, 0.717) is 22.6 Å². The maximum absolute atomic E-state index is 12.1. The molecule has 7 heteroatoms. The van der Waals surface area contributed by atoms with Crippen molar-refractivity contribution in [3.05, 3.63) is 33.9 Å². The molecule has 1 saturated heterocycles. The van der Waals surface area contributed by atoms with E-state index in [1.165, 1.54) is 17.0 Å². The Morgan fingerprint density at radius 2 is 2.05 bits per heavy atom. The lowest BCUT2D eigenvalue weighted by molar-refractivity contribution is -0.122. The molecule has 0 radical (unpaired) electrons. The number of rotatable bonds is 1. The van der Waals surface area contributed by atoms with E-state index in [9.17, 15) is 15.0 Å². The molecule has 2 aliphatic heterocycles. The molecule has 1 unspecified atom stereocenters. The molecule has 118 valence electrons. The second-order valence-electron chi connectivity index (χ2n) is 6.00. The second kappa shape index (κ2) is 5.05. The van der Waals surface area contributed by atoms with E-state index in [-0.39, 0.29) is 10.8 Å². The molecule has 2 aliphatic rings. The summed E-state index contributed by atoms with van der Waals surface area (Å²) in [6.07, 6.45) is 0.503. The van der Waals surface area contributed by atoms with E-state index in [1.807, 2.05) is 0 Å². The normalized spacial score (nSPS) is 26.5. The third-order valence-corrected chi connectivity index (χ3v) is 4.92. The van der Waals surface area contributed by atoms with Gasteiger partial charge in [0.25, 0.3) is 0 Å². The summed E-state index contributed by atoms with van der Waals surface area (Å²) in [4.78, 5) is 13.4. The van der Waals surface area contributed by atoms with Gasteiger partial charge in [0.2, 0.25) is 0 Å². The molecule has 2 heterocycles. The standard InChI is InChI=1S/C15H15Cl2NO4/c1-15(2)13(20)9-5-7(6-18(9)14(21)22-15)11-10(19)4-3-8(16)12(11)17/h3-4,6,9,13,19-20H,5H2,1-2H3/t9-,13?/m0/s1. The fraction of sp³-hybridized carbons (Fsp3) is 0.400. The number of nitrogens with zero attached hydrogens (tertiary/aromatic N) is 1. The second-order valence-corrected chi connectivity index (χ2v) is 6.79. The molecule has 0 bridgehead atoms. The Bertz CT molecular complexity index is 686. The average molecular weight is 344 g/mol. The number of phenols is 1. The van der Waals surface area contributed by atoms with Crippen LogP contribution < -0.4 is 0 Å². The first-order chi connectivity index (χ1) is 10.2. The van der Waals surface area contributed by atoms with E-state index >= 15 is 0 Å². The first-order valence-electron chi connectivity index (χ1n) is 6.80. The number of benzene rings is 1. The summed E-state index contributed by atoms with van der Waals surface area (Å²) in [7, 11) is 0. The zero-order valence-electron chi connectivity index (χ0n) is 12.0. The number of carbonyl (C=O) groups is 1. The van der Waals surface area contributed by atoms with Gasteiger partial charge in [0.15, 0.2) is 0 Å². The molecule has 3 rings (SSSR count). The number of halogens is 2. The number of phenolic OH excluding ortho intramolecular Hbond substituents is 1. The van der Waals surface area contributed by atoms with Gasteiger partial charge in [-0.15, -0.1) is 0 Å². The predicted octanol–water partition coefficient (Wildman–Crippen LogP) is 3.40. The number of carbonyl (C=O) groups excluding carboxylic acids is 1. The Balaban J connectivity index is 2.02. The van der Waals surface area contributed by atoms with Crippen LogP contribution in [-0.2, 0) is 4.74 Å². The molecule has 1 amide bonds. The van der Waals surface area contributed by atoms with Crippen molar-refractivity contribution in [1.29, 1.82) is 0 Å². The van der Waals surface area contributed by atoms with Gasteiger partial charge in [-0.25, -0.2) is 4.79 Å². The van der Waals surface area contributed by atoms with E-state index < -0.39 is 23.8 Å². The van der Waals surface area contributed by atoms with E-state index in [1.54, 1.807) is 20.0 Å². The summed E-state index contributed by atoms with van der Waals surface area (Å²) in [5, 5.41) is 21.0. The van der Waals surface area contributed by atoms with Gasteiger partial charge in [-0.05, 0) is 38.0 Å². The first-order valence-corrected chi connectivity index (χ1v) is 7.55. The van der Waals surface area contributed by atoms with Gasteiger partial charge in [-0.3, -0.25) is 4.90 Å². The number of ether oxygens (including phenoxy) is 1. The molecule has 1 aromatic carbocycles. The molecule has 2 atom stereocenters. The highest BCUT2D eigenvalue weighted by Crippen LogP contribution is 2.44. The minimum atomic E-state index is -0.971. The molecule has 1 aromatic rings. The highest BCUT2D eigenvalue weighted by molar-refractivity contribution is 6.43. The average Bonchev–Trinajstić information content (AvgIpc) is 2.86. The zero-order chi connectivity index (χ0) is 16.2. The summed E-state index contributed by atoms with van der Waals surface area (Å²) < 4.78 is 5.24. The lowest BCUT2D eigenvalue weighted by Crippen LogP contribution is -2.59. The van der Waals surface area contributed by atoms with Crippen LogP contribution in [0.2, 0.25) is 10.0 Å². The van der Waals surface area contributed by atoms with Crippen molar-refractivity contribution in [3.63, 3.8) is 0 Å². The Labute approximate surface area is 137 Å². The van der Waals surface area contributed by atoms with Crippen LogP contribution in [-0.4, -0.2) is 39.0 Å². The van der Waals surface area contributed by atoms with Crippen molar-refractivity contribution in [1.82, 2.24) is 4.90 Å². The number of fused-ring (bicyclic) bond motifs is 1. The van der Waals surface area contributed by atoms with Crippen LogP contribution in [0.1, 0.15) is 25.8 Å². The van der Waals surface area contributed by atoms with Crippen molar-refractivity contribution < 1.29 is 19.7 Å². The van der Waals surface area contributed by atoms with E-state index in [0.717, 1.165) is 0 Å². The van der Waals surface area contributed by atoms with Crippen LogP contribution in [0.5, 0.6) is 5.75 Å². The highest BCUT2D eigenvalue weighted by Gasteiger charge is 2.50. The molecular weight excluding hydrogens is 329 g/mol. The molecule has 22 heavy (non-hydrogen) atoms. The minimum absolute atomic E-state index is 0.0254. The summed E-state index contributed by atoms with van der Waals surface area (Å²) in [5.74, 6) is -0.0254. The van der Waals surface area contributed by atoms with Crippen molar-refractivity contribution in [3.8, 4) is 5.75 Å². The third-order valence-electron chi connectivity index (χ3n) is 4.11. The molecule has 1 fully saturated rings.